The summed E-state index contributed by atoms with van der Waals surface area (Å²) in [5.41, 5.74) is 6.07. The first-order valence-electron chi connectivity index (χ1n) is 3.03. The van der Waals surface area contributed by atoms with Crippen LogP contribution in [0.2, 0.25) is 0 Å². The Bertz CT molecular complexity index is 34.4. The number of hydrogen-bond acceptors (Lipinski definition) is 3. The molecule has 1 saturated heterocycles. The van der Waals surface area contributed by atoms with Crippen LogP contribution in [-0.2, 0) is 4.74 Å². The molecule has 0 bridgehead atoms. The lowest BCUT2D eigenvalue weighted by molar-refractivity contribution is 0.118. The van der Waals surface area contributed by atoms with Crippen molar-refractivity contribution in [3.8, 4) is 0 Å². The minimum atomic E-state index is 0.826. The molecule has 1 fully saturated rings. The molecule has 0 unspecified atom stereocenters. The molecule has 0 spiro atoms. The lowest BCUT2D eigenvalue weighted by Crippen LogP contribution is -2.37. The van der Waals surface area contributed by atoms with Gasteiger partial charge >= 0.3 is 0 Å². The molecule has 48 valence electrons. The quantitative estimate of drug-likeness (QED) is 0.447. The van der Waals surface area contributed by atoms with E-state index in [1.807, 2.05) is 0 Å². The lowest BCUT2D eigenvalue weighted by atomic mass is 10.4. The first-order valence-corrected chi connectivity index (χ1v) is 3.03. The van der Waals surface area contributed by atoms with Gasteiger partial charge in [0.1, 0.15) is 0 Å². The number of nitrogens with one attached hydrogen (secondary N) is 2. The second-order valence-corrected chi connectivity index (χ2v) is 1.82. The third kappa shape index (κ3) is 2.26. The van der Waals surface area contributed by atoms with Crippen LogP contribution in [0.15, 0.2) is 0 Å². The van der Waals surface area contributed by atoms with Crippen molar-refractivity contribution in [3.63, 3.8) is 0 Å². The normalized spacial score (nSPS) is 24.0. The molecule has 2 N–H and O–H groups in total. The maximum absolute atomic E-state index is 5.17. The molecule has 0 amide bonds. The summed E-state index contributed by atoms with van der Waals surface area (Å²) in [6.07, 6.45) is 1.10. The first kappa shape index (κ1) is 6.01. The molecule has 1 aliphatic heterocycles. The van der Waals surface area contributed by atoms with Crippen LogP contribution in [0.5, 0.6) is 0 Å². The van der Waals surface area contributed by atoms with Crippen LogP contribution in [0.4, 0.5) is 0 Å². The Morgan fingerprint density at radius 1 is 1.00 bits per heavy atom. The Labute approximate surface area is 49.4 Å². The Kier molecular flexibility index (Phi) is 2.88. The molecule has 0 aromatic carbocycles. The van der Waals surface area contributed by atoms with Crippen LogP contribution >= 0.6 is 0 Å². The van der Waals surface area contributed by atoms with Crippen molar-refractivity contribution >= 4 is 0 Å². The van der Waals surface area contributed by atoms with E-state index in [2.05, 4.69) is 10.9 Å². The van der Waals surface area contributed by atoms with E-state index in [1.165, 1.54) is 0 Å². The molecule has 8 heavy (non-hydrogen) atoms. The maximum atomic E-state index is 5.17. The fraction of sp³-hybridized carbons (Fsp3) is 1.00. The molecule has 3 nitrogen and oxygen atoms in total. The molecule has 3 heteroatoms. The highest BCUT2D eigenvalue weighted by molar-refractivity contribution is 4.46. The van der Waals surface area contributed by atoms with E-state index < -0.39 is 0 Å². The average molecular weight is 116 g/mol. The SMILES string of the molecule is C1CNNCCOC1. The number of rotatable bonds is 0. The zero-order valence-corrected chi connectivity index (χ0v) is 4.94. The second-order valence-electron chi connectivity index (χ2n) is 1.82. The van der Waals surface area contributed by atoms with Crippen LogP contribution in [0, 0.1) is 0 Å². The van der Waals surface area contributed by atoms with E-state index in [0.29, 0.717) is 0 Å². The largest absolute Gasteiger partial charge is 0.380 e. The zero-order chi connectivity index (χ0) is 5.66. The van der Waals surface area contributed by atoms with Crippen LogP contribution in [0.1, 0.15) is 6.42 Å². The Morgan fingerprint density at radius 2 is 1.88 bits per heavy atom. The van der Waals surface area contributed by atoms with Gasteiger partial charge in [-0.2, -0.15) is 0 Å². The topological polar surface area (TPSA) is 33.3 Å². The third-order valence-electron chi connectivity index (χ3n) is 1.09. The summed E-state index contributed by atoms with van der Waals surface area (Å²) in [6.45, 7) is 3.65. The molecule has 1 rings (SSSR count). The van der Waals surface area contributed by atoms with Gasteiger partial charge in [0, 0.05) is 19.7 Å². The number of hydrazine groups is 1. The second kappa shape index (κ2) is 3.83. The van der Waals surface area contributed by atoms with Crippen LogP contribution < -0.4 is 10.9 Å². The van der Waals surface area contributed by atoms with E-state index in [9.17, 15) is 0 Å². The summed E-state index contributed by atoms with van der Waals surface area (Å²) in [5.74, 6) is 0. The molecule has 0 radical (unpaired) electrons. The first-order chi connectivity index (χ1) is 4.00. The van der Waals surface area contributed by atoms with Crippen molar-refractivity contribution in [2.24, 2.45) is 0 Å². The van der Waals surface area contributed by atoms with Gasteiger partial charge in [-0.1, -0.05) is 0 Å². The Morgan fingerprint density at radius 3 is 2.88 bits per heavy atom. The molecule has 1 heterocycles. The Hall–Kier alpha value is -0.120. The third-order valence-corrected chi connectivity index (χ3v) is 1.09. The minimum Gasteiger partial charge on any atom is -0.380 e. The lowest BCUT2D eigenvalue weighted by Gasteiger charge is -2.11. The van der Waals surface area contributed by atoms with Gasteiger partial charge < -0.3 is 4.74 Å². The molecule has 0 aromatic rings. The number of hydrogen-bond donors (Lipinski definition) is 2. The highest BCUT2D eigenvalue weighted by Crippen LogP contribution is 1.81. The van der Waals surface area contributed by atoms with Crippen molar-refractivity contribution in [3.05, 3.63) is 0 Å². The van der Waals surface area contributed by atoms with Gasteiger partial charge in [-0.25, -0.2) is 0 Å². The summed E-state index contributed by atoms with van der Waals surface area (Å²) in [5, 5.41) is 0. The standard InChI is InChI=1S/C5H12N2O/c1-2-6-7-3-5-8-4-1/h6-7H,1-5H2. The van der Waals surface area contributed by atoms with E-state index in [0.717, 1.165) is 32.7 Å². The average Bonchev–Trinajstić information content (AvgIpc) is 1.62. The highest BCUT2D eigenvalue weighted by atomic mass is 16.5. The van der Waals surface area contributed by atoms with E-state index in [1.54, 1.807) is 0 Å². The van der Waals surface area contributed by atoms with Crippen molar-refractivity contribution in [1.29, 1.82) is 0 Å². The molecule has 0 saturated carbocycles. The summed E-state index contributed by atoms with van der Waals surface area (Å²) in [4.78, 5) is 0. The predicted octanol–water partition coefficient (Wildman–Crippen LogP) is -0.499. The van der Waals surface area contributed by atoms with Gasteiger partial charge in [0.2, 0.25) is 0 Å². The van der Waals surface area contributed by atoms with Crippen LogP contribution in [0.3, 0.4) is 0 Å². The molecule has 0 atom stereocenters. The highest BCUT2D eigenvalue weighted by Gasteiger charge is 1.92. The van der Waals surface area contributed by atoms with Gasteiger partial charge in [0.05, 0.1) is 6.61 Å². The summed E-state index contributed by atoms with van der Waals surface area (Å²) < 4.78 is 5.17. The van der Waals surface area contributed by atoms with Crippen molar-refractivity contribution in [1.82, 2.24) is 10.9 Å². The van der Waals surface area contributed by atoms with E-state index >= 15 is 0 Å². The molecule has 1 aliphatic rings. The summed E-state index contributed by atoms with van der Waals surface area (Å²) in [7, 11) is 0. The van der Waals surface area contributed by atoms with E-state index in [-0.39, 0.29) is 0 Å². The number of ether oxygens (including phenoxy) is 1. The smallest absolute Gasteiger partial charge is 0.0604 e. The molecular weight excluding hydrogens is 104 g/mol. The van der Waals surface area contributed by atoms with Crippen molar-refractivity contribution in [2.45, 2.75) is 6.42 Å². The van der Waals surface area contributed by atoms with Gasteiger partial charge in [-0.15, -0.1) is 0 Å². The van der Waals surface area contributed by atoms with Gasteiger partial charge in [0.15, 0.2) is 0 Å². The zero-order valence-electron chi connectivity index (χ0n) is 4.94. The Balaban J connectivity index is 2.00. The molecule has 0 aliphatic carbocycles. The van der Waals surface area contributed by atoms with Crippen LogP contribution in [0.25, 0.3) is 0 Å². The van der Waals surface area contributed by atoms with Gasteiger partial charge in [-0.05, 0) is 6.42 Å². The van der Waals surface area contributed by atoms with Crippen molar-refractivity contribution < 1.29 is 4.74 Å². The monoisotopic (exact) mass is 116 g/mol. The summed E-state index contributed by atoms with van der Waals surface area (Å²) >= 11 is 0. The van der Waals surface area contributed by atoms with Crippen LogP contribution in [-0.4, -0.2) is 26.3 Å². The van der Waals surface area contributed by atoms with Gasteiger partial charge in [-0.3, -0.25) is 10.9 Å². The van der Waals surface area contributed by atoms with Gasteiger partial charge in [0.25, 0.3) is 0 Å². The minimum absolute atomic E-state index is 0.826. The summed E-state index contributed by atoms with van der Waals surface area (Å²) in [6, 6.07) is 0. The van der Waals surface area contributed by atoms with E-state index in [4.69, 9.17) is 4.74 Å². The fourth-order valence-corrected chi connectivity index (χ4v) is 0.665. The van der Waals surface area contributed by atoms with Crippen molar-refractivity contribution in [2.75, 3.05) is 26.3 Å². The molecular formula is C5H12N2O. The molecule has 0 aromatic heterocycles. The fourth-order valence-electron chi connectivity index (χ4n) is 0.665. The predicted molar refractivity (Wildman–Crippen MR) is 31.4 cm³/mol. The maximum Gasteiger partial charge on any atom is 0.0604 e.